The SMILES string of the molecule is CN1CCN(C(=O)c2ccc(NC(=O)Cc3ccccc3F)cc2)CC1. The molecule has 1 saturated heterocycles. The van der Waals surface area contributed by atoms with Crippen molar-refractivity contribution in [1.82, 2.24) is 9.80 Å². The smallest absolute Gasteiger partial charge is 0.253 e. The predicted molar refractivity (Wildman–Crippen MR) is 98.6 cm³/mol. The molecule has 2 aromatic carbocycles. The van der Waals surface area contributed by atoms with Gasteiger partial charge in [0.2, 0.25) is 5.91 Å². The van der Waals surface area contributed by atoms with E-state index in [9.17, 15) is 14.0 Å². The lowest BCUT2D eigenvalue weighted by Gasteiger charge is -2.32. The molecule has 0 bridgehead atoms. The molecule has 0 aliphatic carbocycles. The van der Waals surface area contributed by atoms with Crippen molar-refractivity contribution in [2.45, 2.75) is 6.42 Å². The van der Waals surface area contributed by atoms with E-state index in [1.54, 1.807) is 42.5 Å². The fraction of sp³-hybridized carbons (Fsp3) is 0.300. The zero-order chi connectivity index (χ0) is 18.5. The number of hydrogen-bond donors (Lipinski definition) is 1. The summed E-state index contributed by atoms with van der Waals surface area (Å²) in [4.78, 5) is 28.6. The first kappa shape index (κ1) is 18.1. The number of nitrogens with zero attached hydrogens (tertiary/aromatic N) is 2. The molecule has 0 aromatic heterocycles. The van der Waals surface area contributed by atoms with E-state index < -0.39 is 5.82 Å². The Hall–Kier alpha value is -2.73. The highest BCUT2D eigenvalue weighted by Gasteiger charge is 2.20. The molecule has 136 valence electrons. The van der Waals surface area contributed by atoms with Crippen molar-refractivity contribution in [2.75, 3.05) is 38.5 Å². The van der Waals surface area contributed by atoms with Gasteiger partial charge in [0, 0.05) is 37.4 Å². The van der Waals surface area contributed by atoms with Gasteiger partial charge >= 0.3 is 0 Å². The number of nitrogens with one attached hydrogen (secondary N) is 1. The van der Waals surface area contributed by atoms with Crippen molar-refractivity contribution in [1.29, 1.82) is 0 Å². The predicted octanol–water partition coefficient (Wildman–Crippen LogP) is 2.39. The first-order valence-electron chi connectivity index (χ1n) is 8.64. The van der Waals surface area contributed by atoms with Crippen LogP contribution in [0.2, 0.25) is 0 Å². The molecule has 2 amide bonds. The zero-order valence-corrected chi connectivity index (χ0v) is 14.7. The second kappa shape index (κ2) is 8.10. The van der Waals surface area contributed by atoms with Gasteiger partial charge in [-0.2, -0.15) is 0 Å². The van der Waals surface area contributed by atoms with Crippen LogP contribution in [0.5, 0.6) is 0 Å². The van der Waals surface area contributed by atoms with Crippen LogP contribution in [0.3, 0.4) is 0 Å². The quantitative estimate of drug-likeness (QED) is 0.916. The van der Waals surface area contributed by atoms with Gasteiger partial charge < -0.3 is 15.1 Å². The van der Waals surface area contributed by atoms with Gasteiger partial charge in [0.05, 0.1) is 6.42 Å². The van der Waals surface area contributed by atoms with Crippen LogP contribution in [-0.4, -0.2) is 54.8 Å². The number of carbonyl (C=O) groups is 2. The molecule has 1 N–H and O–H groups in total. The number of hydrogen-bond acceptors (Lipinski definition) is 3. The Balaban J connectivity index is 1.58. The topological polar surface area (TPSA) is 52.6 Å². The van der Waals surface area contributed by atoms with Crippen molar-refractivity contribution in [3.8, 4) is 0 Å². The lowest BCUT2D eigenvalue weighted by Crippen LogP contribution is -2.47. The lowest BCUT2D eigenvalue weighted by atomic mass is 10.1. The molecular formula is C20H22FN3O2. The van der Waals surface area contributed by atoms with Crippen molar-refractivity contribution in [3.05, 3.63) is 65.5 Å². The highest BCUT2D eigenvalue weighted by atomic mass is 19.1. The first-order chi connectivity index (χ1) is 12.5. The molecule has 0 unspecified atom stereocenters. The summed E-state index contributed by atoms with van der Waals surface area (Å²) < 4.78 is 13.6. The number of halogens is 1. The molecule has 0 atom stereocenters. The van der Waals surface area contributed by atoms with Gasteiger partial charge in [0.1, 0.15) is 5.82 Å². The van der Waals surface area contributed by atoms with E-state index >= 15 is 0 Å². The summed E-state index contributed by atoms with van der Waals surface area (Å²) in [5.41, 5.74) is 1.54. The van der Waals surface area contributed by atoms with E-state index in [4.69, 9.17) is 0 Å². The molecule has 0 saturated carbocycles. The Morgan fingerprint density at radius 3 is 2.31 bits per heavy atom. The lowest BCUT2D eigenvalue weighted by molar-refractivity contribution is -0.115. The zero-order valence-electron chi connectivity index (χ0n) is 14.7. The van der Waals surface area contributed by atoms with Crippen LogP contribution >= 0.6 is 0 Å². The van der Waals surface area contributed by atoms with Crippen molar-refractivity contribution in [3.63, 3.8) is 0 Å². The number of likely N-dealkylation sites (N-methyl/N-ethyl adjacent to an activating group) is 1. The number of amides is 2. The van der Waals surface area contributed by atoms with Crippen LogP contribution in [0.4, 0.5) is 10.1 Å². The van der Waals surface area contributed by atoms with Crippen LogP contribution in [0.1, 0.15) is 15.9 Å². The maximum absolute atomic E-state index is 13.6. The Labute approximate surface area is 152 Å². The van der Waals surface area contributed by atoms with Crippen LogP contribution in [0, 0.1) is 5.82 Å². The molecule has 0 spiro atoms. The first-order valence-corrected chi connectivity index (χ1v) is 8.64. The van der Waals surface area contributed by atoms with E-state index in [-0.39, 0.29) is 18.2 Å². The van der Waals surface area contributed by atoms with Crippen LogP contribution in [-0.2, 0) is 11.2 Å². The molecule has 1 aliphatic rings. The molecule has 0 radical (unpaired) electrons. The van der Waals surface area contributed by atoms with Crippen LogP contribution < -0.4 is 5.32 Å². The normalized spacial score (nSPS) is 14.9. The number of carbonyl (C=O) groups excluding carboxylic acids is 2. The number of anilines is 1. The van der Waals surface area contributed by atoms with Gasteiger partial charge in [-0.05, 0) is 42.9 Å². The van der Waals surface area contributed by atoms with Gasteiger partial charge in [-0.15, -0.1) is 0 Å². The minimum absolute atomic E-state index is 0.00216. The molecule has 2 aromatic rings. The Kier molecular flexibility index (Phi) is 5.63. The molecule has 3 rings (SSSR count). The number of rotatable bonds is 4. The standard InChI is InChI=1S/C20H22FN3O2/c1-23-10-12-24(13-11-23)20(26)15-6-8-17(9-7-15)22-19(25)14-16-4-2-3-5-18(16)21/h2-9H,10-14H2,1H3,(H,22,25). The number of benzene rings is 2. The average Bonchev–Trinajstić information content (AvgIpc) is 2.64. The largest absolute Gasteiger partial charge is 0.336 e. The van der Waals surface area contributed by atoms with Gasteiger partial charge in [-0.25, -0.2) is 4.39 Å². The van der Waals surface area contributed by atoms with Gasteiger partial charge in [-0.3, -0.25) is 9.59 Å². The van der Waals surface area contributed by atoms with E-state index in [2.05, 4.69) is 10.2 Å². The van der Waals surface area contributed by atoms with Crippen LogP contribution in [0.15, 0.2) is 48.5 Å². The fourth-order valence-corrected chi connectivity index (χ4v) is 2.91. The second-order valence-corrected chi connectivity index (χ2v) is 6.49. The highest BCUT2D eigenvalue weighted by molar-refractivity contribution is 5.96. The molecule has 26 heavy (non-hydrogen) atoms. The average molecular weight is 355 g/mol. The van der Waals surface area contributed by atoms with E-state index in [1.807, 2.05) is 11.9 Å². The highest BCUT2D eigenvalue weighted by Crippen LogP contribution is 2.14. The molecule has 1 heterocycles. The Morgan fingerprint density at radius 2 is 1.65 bits per heavy atom. The summed E-state index contributed by atoms with van der Waals surface area (Å²) in [5, 5.41) is 2.73. The summed E-state index contributed by atoms with van der Waals surface area (Å²) in [6.45, 7) is 3.18. The summed E-state index contributed by atoms with van der Waals surface area (Å²) in [6.07, 6.45) is -0.0331. The Morgan fingerprint density at radius 1 is 1.00 bits per heavy atom. The summed E-state index contributed by atoms with van der Waals surface area (Å²) >= 11 is 0. The monoisotopic (exact) mass is 355 g/mol. The maximum atomic E-state index is 13.6. The minimum Gasteiger partial charge on any atom is -0.336 e. The molecule has 1 fully saturated rings. The number of piperazine rings is 1. The minimum atomic E-state index is -0.393. The van der Waals surface area contributed by atoms with Gasteiger partial charge in [0.25, 0.3) is 5.91 Å². The van der Waals surface area contributed by atoms with Crippen molar-refractivity contribution in [2.24, 2.45) is 0 Å². The summed E-state index contributed by atoms with van der Waals surface area (Å²) in [6, 6.07) is 13.0. The second-order valence-electron chi connectivity index (χ2n) is 6.49. The van der Waals surface area contributed by atoms with Crippen molar-refractivity contribution >= 4 is 17.5 Å². The van der Waals surface area contributed by atoms with Gasteiger partial charge in [-0.1, -0.05) is 18.2 Å². The fourth-order valence-electron chi connectivity index (χ4n) is 2.91. The molecular weight excluding hydrogens is 333 g/mol. The van der Waals surface area contributed by atoms with Crippen molar-refractivity contribution < 1.29 is 14.0 Å². The Bertz CT molecular complexity index is 784. The molecule has 5 nitrogen and oxygen atoms in total. The van der Waals surface area contributed by atoms with Gasteiger partial charge in [0.15, 0.2) is 0 Å². The van der Waals surface area contributed by atoms with Crippen LogP contribution in [0.25, 0.3) is 0 Å². The summed E-state index contributed by atoms with van der Waals surface area (Å²) in [7, 11) is 2.04. The third-order valence-electron chi connectivity index (χ3n) is 4.51. The molecule has 1 aliphatic heterocycles. The third kappa shape index (κ3) is 4.46. The maximum Gasteiger partial charge on any atom is 0.253 e. The summed E-state index contributed by atoms with van der Waals surface area (Å²) in [5.74, 6) is -0.689. The third-order valence-corrected chi connectivity index (χ3v) is 4.51. The van der Waals surface area contributed by atoms with E-state index in [0.717, 1.165) is 26.2 Å². The van der Waals surface area contributed by atoms with E-state index in [0.29, 0.717) is 16.8 Å². The molecule has 6 heteroatoms. The van der Waals surface area contributed by atoms with E-state index in [1.165, 1.54) is 6.07 Å².